The van der Waals surface area contributed by atoms with Crippen LogP contribution >= 0.6 is 22.7 Å². The molecule has 0 bridgehead atoms. The molecule has 3 heteroatoms. The molecule has 0 aliphatic carbocycles. The fourth-order valence-electron chi connectivity index (χ4n) is 1.23. The molecule has 0 amide bonds. The second-order valence-electron chi connectivity index (χ2n) is 2.73. The number of carbonyl (C=O) groups is 1. The van der Waals surface area contributed by atoms with Crippen LogP contribution in [0.4, 0.5) is 0 Å². The van der Waals surface area contributed by atoms with Crippen LogP contribution in [-0.4, -0.2) is 5.78 Å². The lowest BCUT2D eigenvalue weighted by Crippen LogP contribution is -1.88. The summed E-state index contributed by atoms with van der Waals surface area (Å²) in [6, 6.07) is 4.04. The van der Waals surface area contributed by atoms with E-state index in [0.717, 1.165) is 16.0 Å². The first-order valence-corrected chi connectivity index (χ1v) is 5.72. The third kappa shape index (κ3) is 1.57. The van der Waals surface area contributed by atoms with Crippen LogP contribution in [0, 0.1) is 0 Å². The molecular formula is C10H8OS2. The normalized spacial score (nSPS) is 10.2. The molecule has 0 saturated heterocycles. The molecule has 2 aromatic rings. The van der Waals surface area contributed by atoms with E-state index < -0.39 is 0 Å². The van der Waals surface area contributed by atoms with Gasteiger partial charge in [-0.2, -0.15) is 11.3 Å². The van der Waals surface area contributed by atoms with Crippen molar-refractivity contribution in [2.24, 2.45) is 0 Å². The zero-order chi connectivity index (χ0) is 9.26. The molecule has 0 aromatic carbocycles. The van der Waals surface area contributed by atoms with Gasteiger partial charge in [-0.15, -0.1) is 11.3 Å². The average molecular weight is 208 g/mol. The van der Waals surface area contributed by atoms with Gasteiger partial charge in [-0.05, 0) is 40.8 Å². The van der Waals surface area contributed by atoms with Crippen molar-refractivity contribution < 1.29 is 4.79 Å². The second-order valence-corrected chi connectivity index (χ2v) is 4.43. The van der Waals surface area contributed by atoms with Gasteiger partial charge in [-0.25, -0.2) is 0 Å². The van der Waals surface area contributed by atoms with Crippen LogP contribution in [0.2, 0.25) is 0 Å². The van der Waals surface area contributed by atoms with Crippen LogP contribution in [0.1, 0.15) is 16.6 Å². The smallest absolute Gasteiger partial charge is 0.170 e. The predicted octanol–water partition coefficient (Wildman–Crippen LogP) is 3.68. The van der Waals surface area contributed by atoms with E-state index in [-0.39, 0.29) is 5.78 Å². The fraction of sp³-hybridized carbons (Fsp3) is 0.100. The first kappa shape index (κ1) is 8.66. The monoisotopic (exact) mass is 208 g/mol. The number of thiophene rings is 2. The zero-order valence-corrected chi connectivity index (χ0v) is 8.74. The summed E-state index contributed by atoms with van der Waals surface area (Å²) in [5, 5.41) is 6.05. The van der Waals surface area contributed by atoms with Crippen molar-refractivity contribution in [2.75, 3.05) is 0 Å². The van der Waals surface area contributed by atoms with E-state index >= 15 is 0 Å². The van der Waals surface area contributed by atoms with Crippen molar-refractivity contribution in [3.05, 3.63) is 33.2 Å². The lowest BCUT2D eigenvalue weighted by atomic mass is 10.1. The molecule has 0 N–H and O–H groups in total. The Kier molecular flexibility index (Phi) is 2.29. The summed E-state index contributed by atoms with van der Waals surface area (Å²) in [5.41, 5.74) is 2.22. The van der Waals surface area contributed by atoms with Crippen molar-refractivity contribution >= 4 is 28.5 Å². The van der Waals surface area contributed by atoms with Gasteiger partial charge in [-0.3, -0.25) is 4.79 Å². The molecule has 0 saturated carbocycles. The Morgan fingerprint density at radius 2 is 2.15 bits per heavy atom. The lowest BCUT2D eigenvalue weighted by molar-refractivity contribution is 0.102. The van der Waals surface area contributed by atoms with Gasteiger partial charge < -0.3 is 0 Å². The minimum atomic E-state index is 0.149. The molecule has 0 aliphatic heterocycles. The summed E-state index contributed by atoms with van der Waals surface area (Å²) < 4.78 is 0. The molecule has 2 aromatic heterocycles. The maximum absolute atomic E-state index is 11.2. The number of carbonyl (C=O) groups excluding carboxylic acids is 1. The third-order valence-electron chi connectivity index (χ3n) is 1.82. The highest BCUT2D eigenvalue weighted by atomic mass is 32.1. The first-order chi connectivity index (χ1) is 6.29. The van der Waals surface area contributed by atoms with E-state index in [1.165, 1.54) is 11.3 Å². The van der Waals surface area contributed by atoms with Gasteiger partial charge in [0, 0.05) is 5.56 Å². The van der Waals surface area contributed by atoms with Crippen LogP contribution in [-0.2, 0) is 0 Å². The molecular weight excluding hydrogens is 200 g/mol. The number of rotatable bonds is 2. The highest BCUT2D eigenvalue weighted by Crippen LogP contribution is 2.29. The Bertz CT molecular complexity index is 412. The molecule has 0 radical (unpaired) electrons. The summed E-state index contributed by atoms with van der Waals surface area (Å²) in [6.45, 7) is 1.61. The number of ketones is 1. The molecule has 0 atom stereocenters. The van der Waals surface area contributed by atoms with E-state index in [0.29, 0.717) is 0 Å². The molecule has 0 aliphatic rings. The molecule has 2 rings (SSSR count). The topological polar surface area (TPSA) is 17.1 Å². The lowest BCUT2D eigenvalue weighted by Gasteiger charge is -1.95. The van der Waals surface area contributed by atoms with Gasteiger partial charge >= 0.3 is 0 Å². The van der Waals surface area contributed by atoms with Gasteiger partial charge in [0.25, 0.3) is 0 Å². The molecule has 0 unspecified atom stereocenters. The fourth-order valence-corrected chi connectivity index (χ4v) is 2.70. The zero-order valence-electron chi connectivity index (χ0n) is 7.11. The van der Waals surface area contributed by atoms with Gasteiger partial charge in [0.2, 0.25) is 0 Å². The molecule has 0 fully saturated rings. The Morgan fingerprint density at radius 1 is 1.31 bits per heavy atom. The SMILES string of the molecule is CC(=O)c1sccc1-c1ccsc1. The third-order valence-corrected chi connectivity index (χ3v) is 3.52. The maximum Gasteiger partial charge on any atom is 0.170 e. The van der Waals surface area contributed by atoms with E-state index in [9.17, 15) is 4.79 Å². The van der Waals surface area contributed by atoms with Crippen molar-refractivity contribution in [3.63, 3.8) is 0 Å². The highest BCUT2D eigenvalue weighted by Gasteiger charge is 2.10. The largest absolute Gasteiger partial charge is 0.294 e. The highest BCUT2D eigenvalue weighted by molar-refractivity contribution is 7.12. The maximum atomic E-state index is 11.2. The number of hydrogen-bond acceptors (Lipinski definition) is 3. The van der Waals surface area contributed by atoms with Crippen molar-refractivity contribution in [1.82, 2.24) is 0 Å². The second kappa shape index (κ2) is 3.44. The van der Waals surface area contributed by atoms with Crippen molar-refractivity contribution in [2.45, 2.75) is 6.92 Å². The summed E-state index contributed by atoms with van der Waals surface area (Å²) in [4.78, 5) is 12.1. The van der Waals surface area contributed by atoms with Crippen molar-refractivity contribution in [3.8, 4) is 11.1 Å². The van der Waals surface area contributed by atoms with Crippen LogP contribution in [0.3, 0.4) is 0 Å². The summed E-state index contributed by atoms with van der Waals surface area (Å²) in [5.74, 6) is 0.149. The average Bonchev–Trinajstić information content (AvgIpc) is 2.74. The molecule has 2 heterocycles. The summed E-state index contributed by atoms with van der Waals surface area (Å²) >= 11 is 3.16. The van der Waals surface area contributed by atoms with E-state index in [1.54, 1.807) is 18.3 Å². The van der Waals surface area contributed by atoms with Crippen LogP contribution < -0.4 is 0 Å². The molecule has 66 valence electrons. The minimum absolute atomic E-state index is 0.149. The Labute approximate surface area is 84.7 Å². The quantitative estimate of drug-likeness (QED) is 0.688. The first-order valence-electron chi connectivity index (χ1n) is 3.90. The van der Waals surface area contributed by atoms with E-state index in [4.69, 9.17) is 0 Å². The molecule has 13 heavy (non-hydrogen) atoms. The Balaban J connectivity index is 2.52. The standard InChI is InChI=1S/C10H8OS2/c1-7(11)10-9(3-5-13-10)8-2-4-12-6-8/h2-6H,1H3. The molecule has 0 spiro atoms. The van der Waals surface area contributed by atoms with Gasteiger partial charge in [0.1, 0.15) is 0 Å². The van der Waals surface area contributed by atoms with Crippen LogP contribution in [0.5, 0.6) is 0 Å². The van der Waals surface area contributed by atoms with Crippen LogP contribution in [0.15, 0.2) is 28.3 Å². The summed E-state index contributed by atoms with van der Waals surface area (Å²) in [6.07, 6.45) is 0. The molecule has 1 nitrogen and oxygen atoms in total. The van der Waals surface area contributed by atoms with Crippen molar-refractivity contribution in [1.29, 1.82) is 0 Å². The van der Waals surface area contributed by atoms with Gasteiger partial charge in [0.15, 0.2) is 5.78 Å². The predicted molar refractivity (Wildman–Crippen MR) is 57.6 cm³/mol. The Hall–Kier alpha value is -0.930. The minimum Gasteiger partial charge on any atom is -0.294 e. The van der Waals surface area contributed by atoms with Gasteiger partial charge in [0.05, 0.1) is 4.88 Å². The van der Waals surface area contributed by atoms with Crippen LogP contribution in [0.25, 0.3) is 11.1 Å². The van der Waals surface area contributed by atoms with E-state index in [2.05, 4.69) is 5.38 Å². The van der Waals surface area contributed by atoms with E-state index in [1.807, 2.05) is 22.9 Å². The number of Topliss-reactive ketones (excluding diaryl/α,β-unsaturated/α-hetero) is 1. The van der Waals surface area contributed by atoms with Gasteiger partial charge in [-0.1, -0.05) is 0 Å². The number of hydrogen-bond donors (Lipinski definition) is 0. The Morgan fingerprint density at radius 3 is 2.77 bits per heavy atom. The summed E-state index contributed by atoms with van der Waals surface area (Å²) in [7, 11) is 0.